The number of ketones is 1. The Morgan fingerprint density at radius 1 is 1.15 bits per heavy atom. The van der Waals surface area contributed by atoms with E-state index in [0.717, 1.165) is 54.9 Å². The van der Waals surface area contributed by atoms with Gasteiger partial charge in [-0.25, -0.2) is 4.39 Å². The van der Waals surface area contributed by atoms with E-state index in [-0.39, 0.29) is 41.2 Å². The lowest BCUT2D eigenvalue weighted by Gasteiger charge is -2.20. The van der Waals surface area contributed by atoms with E-state index in [2.05, 4.69) is 35.5 Å². The summed E-state index contributed by atoms with van der Waals surface area (Å²) in [6.07, 6.45) is 5.47. The van der Waals surface area contributed by atoms with Crippen molar-refractivity contribution < 1.29 is 14.0 Å². The van der Waals surface area contributed by atoms with Gasteiger partial charge < -0.3 is 9.47 Å². The zero-order chi connectivity index (χ0) is 24.6. The number of halogens is 1. The molecule has 34 heavy (non-hydrogen) atoms. The van der Waals surface area contributed by atoms with Crippen LogP contribution in [0.2, 0.25) is 0 Å². The number of carbonyl (C=O) groups is 2. The van der Waals surface area contributed by atoms with Crippen molar-refractivity contribution in [2.45, 2.75) is 85.1 Å². The lowest BCUT2D eigenvalue weighted by molar-refractivity contribution is -0.128. The molecular weight excluding hydrogens is 431 g/mol. The standard InChI is InChI=1S/C27H37FN4O2/c1-17-13-20(28)9-8-19(17)14-24(34)22-15-31(18(2)33)16-23(22)26-30-29-25(32(26)21-10-11-21)7-6-12-27(3,4)5/h8-9,13,21-23H,6-7,10-12,14-16H2,1-5H3/t22-,23-/m0/s1. The van der Waals surface area contributed by atoms with E-state index in [1.165, 1.54) is 12.1 Å². The van der Waals surface area contributed by atoms with E-state index in [9.17, 15) is 14.0 Å². The molecular formula is C27H37FN4O2. The molecule has 2 heterocycles. The molecule has 2 aromatic rings. The molecule has 1 aliphatic carbocycles. The third-order valence-electron chi connectivity index (χ3n) is 7.21. The molecule has 1 aromatic heterocycles. The molecule has 0 unspecified atom stereocenters. The average Bonchev–Trinajstić information content (AvgIpc) is 3.33. The quantitative estimate of drug-likeness (QED) is 0.558. The third kappa shape index (κ3) is 5.56. The summed E-state index contributed by atoms with van der Waals surface area (Å²) in [5.41, 5.74) is 1.88. The van der Waals surface area contributed by atoms with Crippen molar-refractivity contribution in [2.75, 3.05) is 13.1 Å². The Morgan fingerprint density at radius 2 is 1.88 bits per heavy atom. The highest BCUT2D eigenvalue weighted by atomic mass is 19.1. The highest BCUT2D eigenvalue weighted by Crippen LogP contribution is 2.42. The minimum Gasteiger partial charge on any atom is -0.341 e. The first-order valence-electron chi connectivity index (χ1n) is 12.5. The van der Waals surface area contributed by atoms with Crippen molar-refractivity contribution in [1.29, 1.82) is 0 Å². The third-order valence-corrected chi connectivity index (χ3v) is 7.21. The highest BCUT2D eigenvalue weighted by Gasteiger charge is 2.43. The summed E-state index contributed by atoms with van der Waals surface area (Å²) in [6.45, 7) is 11.0. The van der Waals surface area contributed by atoms with Crippen LogP contribution in [0.25, 0.3) is 0 Å². The van der Waals surface area contributed by atoms with Crippen LogP contribution in [0.4, 0.5) is 4.39 Å². The number of nitrogens with zero attached hydrogens (tertiary/aromatic N) is 4. The van der Waals surface area contributed by atoms with Crippen molar-refractivity contribution in [3.05, 3.63) is 46.8 Å². The second-order valence-electron chi connectivity index (χ2n) is 11.3. The first-order chi connectivity index (χ1) is 16.0. The van der Waals surface area contributed by atoms with Crippen LogP contribution in [0, 0.1) is 24.1 Å². The van der Waals surface area contributed by atoms with Gasteiger partial charge in [0.15, 0.2) is 0 Å². The first-order valence-corrected chi connectivity index (χ1v) is 12.5. The fourth-order valence-electron chi connectivity index (χ4n) is 5.09. The summed E-state index contributed by atoms with van der Waals surface area (Å²) in [4.78, 5) is 27.5. The zero-order valence-corrected chi connectivity index (χ0v) is 21.1. The van der Waals surface area contributed by atoms with Crippen molar-refractivity contribution in [2.24, 2.45) is 11.3 Å². The van der Waals surface area contributed by atoms with Gasteiger partial charge in [0.1, 0.15) is 23.2 Å². The SMILES string of the molecule is CC(=O)N1C[C@H](C(=O)Cc2ccc(F)cc2C)[C@@H](c2nnc(CCCC(C)(C)C)n2C2CC2)C1. The summed E-state index contributed by atoms with van der Waals surface area (Å²) in [7, 11) is 0. The van der Waals surface area contributed by atoms with Gasteiger partial charge in [0, 0.05) is 50.7 Å². The van der Waals surface area contributed by atoms with Crippen LogP contribution in [0.3, 0.4) is 0 Å². The van der Waals surface area contributed by atoms with Crippen LogP contribution >= 0.6 is 0 Å². The molecule has 0 radical (unpaired) electrons. The Balaban J connectivity index is 1.59. The minimum atomic E-state index is -0.336. The zero-order valence-electron chi connectivity index (χ0n) is 21.1. The molecule has 7 heteroatoms. The number of carbonyl (C=O) groups excluding carboxylic acids is 2. The fraction of sp³-hybridized carbons (Fsp3) is 0.630. The largest absolute Gasteiger partial charge is 0.341 e. The predicted octanol–water partition coefficient (Wildman–Crippen LogP) is 4.80. The molecule has 1 aromatic carbocycles. The summed E-state index contributed by atoms with van der Waals surface area (Å²) < 4.78 is 15.8. The average molecular weight is 469 g/mol. The maximum atomic E-state index is 13.5. The molecule has 4 rings (SSSR count). The Labute approximate surface area is 201 Å². The normalized spacial score (nSPS) is 20.7. The molecule has 1 saturated carbocycles. The van der Waals surface area contributed by atoms with Gasteiger partial charge in [-0.15, -0.1) is 10.2 Å². The minimum absolute atomic E-state index is 0.0267. The second-order valence-corrected chi connectivity index (χ2v) is 11.3. The maximum Gasteiger partial charge on any atom is 0.219 e. The number of benzene rings is 1. The number of likely N-dealkylation sites (tertiary alicyclic amines) is 1. The maximum absolute atomic E-state index is 13.5. The van der Waals surface area contributed by atoms with Gasteiger partial charge in [-0.1, -0.05) is 26.8 Å². The van der Waals surface area contributed by atoms with Crippen LogP contribution in [-0.2, 0) is 22.4 Å². The Hall–Kier alpha value is -2.57. The lowest BCUT2D eigenvalue weighted by Crippen LogP contribution is -2.28. The summed E-state index contributed by atoms with van der Waals surface area (Å²) >= 11 is 0. The van der Waals surface area contributed by atoms with E-state index < -0.39 is 0 Å². The van der Waals surface area contributed by atoms with Crippen LogP contribution in [0.1, 0.15) is 88.1 Å². The van der Waals surface area contributed by atoms with Gasteiger partial charge in [-0.2, -0.15) is 0 Å². The first kappa shape index (κ1) is 24.6. The predicted molar refractivity (Wildman–Crippen MR) is 129 cm³/mol. The molecule has 2 aliphatic rings. The fourth-order valence-corrected chi connectivity index (χ4v) is 5.09. The van der Waals surface area contributed by atoms with Gasteiger partial charge in [0.2, 0.25) is 5.91 Å². The van der Waals surface area contributed by atoms with Gasteiger partial charge in [-0.05, 0) is 61.3 Å². The monoisotopic (exact) mass is 468 g/mol. The topological polar surface area (TPSA) is 68.1 Å². The van der Waals surface area contributed by atoms with E-state index in [1.54, 1.807) is 17.9 Å². The number of aromatic nitrogens is 3. The summed E-state index contributed by atoms with van der Waals surface area (Å²) in [5.74, 6) is 1.10. The Bertz CT molecular complexity index is 1070. The molecule has 1 aliphatic heterocycles. The van der Waals surface area contributed by atoms with E-state index in [0.29, 0.717) is 19.1 Å². The summed E-state index contributed by atoms with van der Waals surface area (Å²) in [6, 6.07) is 4.95. The molecule has 184 valence electrons. The molecule has 1 amide bonds. The van der Waals surface area contributed by atoms with Crippen molar-refractivity contribution in [3.8, 4) is 0 Å². The van der Waals surface area contributed by atoms with E-state index in [1.807, 2.05) is 6.92 Å². The van der Waals surface area contributed by atoms with Gasteiger partial charge >= 0.3 is 0 Å². The molecule has 0 bridgehead atoms. The molecule has 6 nitrogen and oxygen atoms in total. The molecule has 2 fully saturated rings. The van der Waals surface area contributed by atoms with Crippen molar-refractivity contribution in [3.63, 3.8) is 0 Å². The lowest BCUT2D eigenvalue weighted by atomic mass is 9.87. The Morgan fingerprint density at radius 3 is 2.50 bits per heavy atom. The van der Waals surface area contributed by atoms with Crippen LogP contribution in [0.5, 0.6) is 0 Å². The van der Waals surface area contributed by atoms with Crippen LogP contribution in [0.15, 0.2) is 18.2 Å². The van der Waals surface area contributed by atoms with Crippen molar-refractivity contribution >= 4 is 11.7 Å². The van der Waals surface area contributed by atoms with Gasteiger partial charge in [-0.3, -0.25) is 9.59 Å². The number of Topliss-reactive ketones (excluding diaryl/α,β-unsaturated/α-hetero) is 1. The number of hydrogen-bond donors (Lipinski definition) is 0. The number of aryl methyl sites for hydroxylation is 2. The van der Waals surface area contributed by atoms with Gasteiger partial charge in [0.05, 0.1) is 0 Å². The second kappa shape index (κ2) is 9.59. The van der Waals surface area contributed by atoms with Gasteiger partial charge in [0.25, 0.3) is 0 Å². The molecule has 0 N–H and O–H groups in total. The summed E-state index contributed by atoms with van der Waals surface area (Å²) in [5, 5.41) is 9.18. The van der Waals surface area contributed by atoms with Crippen LogP contribution < -0.4 is 0 Å². The van der Waals surface area contributed by atoms with E-state index >= 15 is 0 Å². The number of rotatable bonds is 8. The molecule has 2 atom stereocenters. The molecule has 0 spiro atoms. The highest BCUT2D eigenvalue weighted by molar-refractivity contribution is 5.86. The van der Waals surface area contributed by atoms with E-state index in [4.69, 9.17) is 0 Å². The smallest absolute Gasteiger partial charge is 0.219 e. The number of amides is 1. The van der Waals surface area contributed by atoms with Crippen LogP contribution in [-0.4, -0.2) is 44.4 Å². The number of hydrogen-bond acceptors (Lipinski definition) is 4. The Kier molecular flexibility index (Phi) is 6.92. The van der Waals surface area contributed by atoms with Crippen molar-refractivity contribution in [1.82, 2.24) is 19.7 Å². The molecule has 1 saturated heterocycles.